The molecule has 116 valence electrons. The molecule has 1 aliphatic rings. The fourth-order valence-electron chi connectivity index (χ4n) is 2.41. The monoisotopic (exact) mass is 291 g/mol. The molecule has 1 amide bonds. The van der Waals surface area contributed by atoms with Crippen LogP contribution in [-0.2, 0) is 16.6 Å². The van der Waals surface area contributed by atoms with Gasteiger partial charge in [-0.3, -0.25) is 4.90 Å². The number of carbonyl (C=O) groups is 1. The number of benzene rings is 1. The van der Waals surface area contributed by atoms with Gasteiger partial charge in [-0.2, -0.15) is 0 Å². The van der Waals surface area contributed by atoms with Gasteiger partial charge in [0, 0.05) is 6.42 Å². The number of amides is 1. The van der Waals surface area contributed by atoms with Crippen LogP contribution in [0.5, 0.6) is 0 Å². The summed E-state index contributed by atoms with van der Waals surface area (Å²) in [5.74, 6) is 0. The van der Waals surface area contributed by atoms with Crippen LogP contribution in [0.2, 0.25) is 0 Å². The molecule has 4 heteroatoms. The molecular formula is C17H25NO3. The van der Waals surface area contributed by atoms with E-state index >= 15 is 0 Å². The molecular weight excluding hydrogens is 266 g/mol. The Labute approximate surface area is 126 Å². The number of aliphatic hydroxyl groups excluding tert-OH is 1. The number of aliphatic hydroxyl groups is 1. The van der Waals surface area contributed by atoms with Gasteiger partial charge in [-0.15, -0.1) is 0 Å². The molecule has 0 aliphatic carbocycles. The lowest BCUT2D eigenvalue weighted by molar-refractivity contribution is 0.0490. The average Bonchev–Trinajstić information content (AvgIpc) is 2.59. The quantitative estimate of drug-likeness (QED) is 0.794. The summed E-state index contributed by atoms with van der Waals surface area (Å²) in [5.41, 5.74) is 2.26. The summed E-state index contributed by atoms with van der Waals surface area (Å²) in [5, 5.41) is 10.2. The third-order valence-corrected chi connectivity index (χ3v) is 3.50. The molecule has 1 unspecified atom stereocenters. The second-order valence-electron chi connectivity index (χ2n) is 7.63. The van der Waals surface area contributed by atoms with Gasteiger partial charge in [0.2, 0.25) is 0 Å². The summed E-state index contributed by atoms with van der Waals surface area (Å²) in [6, 6.07) is 6.03. The number of ether oxygens (including phenoxy) is 1. The van der Waals surface area contributed by atoms with Gasteiger partial charge in [-0.25, -0.2) is 4.79 Å². The van der Waals surface area contributed by atoms with Crippen molar-refractivity contribution in [2.24, 2.45) is 0 Å². The average molecular weight is 291 g/mol. The highest BCUT2D eigenvalue weighted by molar-refractivity contribution is 5.91. The number of nitrogens with zero attached hydrogens (tertiary/aromatic N) is 1. The van der Waals surface area contributed by atoms with Crippen molar-refractivity contribution in [3.8, 4) is 0 Å². The van der Waals surface area contributed by atoms with Gasteiger partial charge >= 0.3 is 6.09 Å². The van der Waals surface area contributed by atoms with E-state index in [4.69, 9.17) is 4.74 Å². The van der Waals surface area contributed by atoms with Crippen molar-refractivity contribution in [1.82, 2.24) is 0 Å². The van der Waals surface area contributed by atoms with E-state index in [0.717, 1.165) is 16.8 Å². The predicted molar refractivity (Wildman–Crippen MR) is 83.6 cm³/mol. The number of hydrogen-bond acceptors (Lipinski definition) is 3. The highest BCUT2D eigenvalue weighted by Gasteiger charge is 2.36. The smallest absolute Gasteiger partial charge is 0.416 e. The molecule has 2 rings (SSSR count). The van der Waals surface area contributed by atoms with Crippen LogP contribution in [0.25, 0.3) is 0 Å². The van der Waals surface area contributed by atoms with Crippen LogP contribution in [-0.4, -0.2) is 23.0 Å². The van der Waals surface area contributed by atoms with Crippen molar-refractivity contribution < 1.29 is 14.6 Å². The standard InChI is InChI=1S/C17H25NO3/c1-16(2,3)12-8-7-11-9-14(19)18(13(11)10-12)15(20)21-17(4,5)6/h7-8,10,14,19H,9H2,1-6H3. The molecule has 1 aromatic rings. The zero-order valence-electron chi connectivity index (χ0n) is 13.7. The van der Waals surface area contributed by atoms with Crippen molar-refractivity contribution in [2.75, 3.05) is 4.90 Å². The van der Waals surface area contributed by atoms with E-state index < -0.39 is 17.9 Å². The summed E-state index contributed by atoms with van der Waals surface area (Å²) in [7, 11) is 0. The van der Waals surface area contributed by atoms with E-state index in [9.17, 15) is 9.90 Å². The van der Waals surface area contributed by atoms with Crippen molar-refractivity contribution in [3.05, 3.63) is 29.3 Å². The Morgan fingerprint density at radius 1 is 1.24 bits per heavy atom. The molecule has 0 spiro atoms. The molecule has 1 aromatic carbocycles. The van der Waals surface area contributed by atoms with Crippen LogP contribution in [0.4, 0.5) is 10.5 Å². The minimum Gasteiger partial charge on any atom is -0.443 e. The molecule has 0 aromatic heterocycles. The van der Waals surface area contributed by atoms with E-state index in [-0.39, 0.29) is 5.41 Å². The molecule has 21 heavy (non-hydrogen) atoms. The summed E-state index contributed by atoms with van der Waals surface area (Å²) >= 11 is 0. The molecule has 1 heterocycles. The number of rotatable bonds is 0. The lowest BCUT2D eigenvalue weighted by atomic mass is 9.86. The van der Waals surface area contributed by atoms with Crippen LogP contribution >= 0.6 is 0 Å². The number of carbonyl (C=O) groups excluding carboxylic acids is 1. The topological polar surface area (TPSA) is 49.8 Å². The van der Waals surface area contributed by atoms with E-state index in [2.05, 4.69) is 26.8 Å². The van der Waals surface area contributed by atoms with Gasteiger partial charge in [0.15, 0.2) is 0 Å². The van der Waals surface area contributed by atoms with Crippen LogP contribution in [0, 0.1) is 0 Å². The second-order valence-corrected chi connectivity index (χ2v) is 7.63. The lowest BCUT2D eigenvalue weighted by Crippen LogP contribution is -2.41. The highest BCUT2D eigenvalue weighted by atomic mass is 16.6. The molecule has 0 saturated heterocycles. The summed E-state index contributed by atoms with van der Waals surface area (Å²) in [4.78, 5) is 13.7. The first kappa shape index (κ1) is 15.8. The Balaban J connectivity index is 2.37. The largest absolute Gasteiger partial charge is 0.443 e. The molecule has 0 fully saturated rings. The summed E-state index contributed by atoms with van der Waals surface area (Å²) in [6.07, 6.45) is -0.913. The van der Waals surface area contributed by atoms with Crippen molar-refractivity contribution in [2.45, 2.75) is 65.2 Å². The first-order chi connectivity index (χ1) is 9.49. The van der Waals surface area contributed by atoms with Gasteiger partial charge in [0.1, 0.15) is 11.8 Å². The third kappa shape index (κ3) is 3.38. The Kier molecular flexibility index (Phi) is 3.79. The van der Waals surface area contributed by atoms with E-state index in [1.54, 1.807) is 0 Å². The molecule has 0 bridgehead atoms. The lowest BCUT2D eigenvalue weighted by Gasteiger charge is -2.27. The van der Waals surface area contributed by atoms with Crippen LogP contribution in [0.1, 0.15) is 52.7 Å². The summed E-state index contributed by atoms with van der Waals surface area (Å²) < 4.78 is 5.40. The third-order valence-electron chi connectivity index (χ3n) is 3.50. The maximum Gasteiger partial charge on any atom is 0.416 e. The molecule has 0 saturated carbocycles. The van der Waals surface area contributed by atoms with E-state index in [1.165, 1.54) is 4.90 Å². The van der Waals surface area contributed by atoms with Crippen LogP contribution in [0.15, 0.2) is 18.2 Å². The zero-order valence-corrected chi connectivity index (χ0v) is 13.7. The molecule has 0 radical (unpaired) electrons. The van der Waals surface area contributed by atoms with Crippen molar-refractivity contribution in [3.63, 3.8) is 0 Å². The highest BCUT2D eigenvalue weighted by Crippen LogP contribution is 2.36. The maximum absolute atomic E-state index is 12.3. The molecule has 1 N–H and O–H groups in total. The van der Waals surface area contributed by atoms with Gasteiger partial charge in [-0.05, 0) is 43.4 Å². The van der Waals surface area contributed by atoms with E-state index in [1.807, 2.05) is 32.9 Å². The first-order valence-corrected chi connectivity index (χ1v) is 7.33. The van der Waals surface area contributed by atoms with Gasteiger partial charge in [0.25, 0.3) is 0 Å². The van der Waals surface area contributed by atoms with Gasteiger partial charge < -0.3 is 9.84 Å². The molecule has 1 atom stereocenters. The van der Waals surface area contributed by atoms with Crippen molar-refractivity contribution in [1.29, 1.82) is 0 Å². The maximum atomic E-state index is 12.3. The van der Waals surface area contributed by atoms with Gasteiger partial charge in [-0.1, -0.05) is 32.9 Å². The summed E-state index contributed by atoms with van der Waals surface area (Å²) in [6.45, 7) is 11.8. The van der Waals surface area contributed by atoms with Crippen LogP contribution < -0.4 is 4.90 Å². The minimum atomic E-state index is -0.856. The Morgan fingerprint density at radius 3 is 2.38 bits per heavy atom. The second kappa shape index (κ2) is 5.02. The Morgan fingerprint density at radius 2 is 1.86 bits per heavy atom. The fourth-order valence-corrected chi connectivity index (χ4v) is 2.41. The fraction of sp³-hybridized carbons (Fsp3) is 0.588. The number of hydrogen-bond donors (Lipinski definition) is 1. The van der Waals surface area contributed by atoms with Crippen molar-refractivity contribution >= 4 is 11.8 Å². The predicted octanol–water partition coefficient (Wildman–Crippen LogP) is 3.60. The molecule has 4 nitrogen and oxygen atoms in total. The Hall–Kier alpha value is -1.55. The van der Waals surface area contributed by atoms with Gasteiger partial charge in [0.05, 0.1) is 5.69 Å². The zero-order chi connectivity index (χ0) is 16.0. The molecule has 1 aliphatic heterocycles. The van der Waals surface area contributed by atoms with E-state index in [0.29, 0.717) is 6.42 Å². The Bertz CT molecular complexity index is 552. The minimum absolute atomic E-state index is 0.0117. The number of anilines is 1. The first-order valence-electron chi connectivity index (χ1n) is 7.33. The number of fused-ring (bicyclic) bond motifs is 1. The van der Waals surface area contributed by atoms with Crippen LogP contribution in [0.3, 0.4) is 0 Å². The normalized spacial score (nSPS) is 18.6. The SMILES string of the molecule is CC(C)(C)OC(=O)N1c2cc(C(C)(C)C)ccc2CC1O.